The maximum Gasteiger partial charge on any atom is 0.277 e. The fourth-order valence-corrected chi connectivity index (χ4v) is 5.47. The van der Waals surface area contributed by atoms with Crippen LogP contribution < -0.4 is 10.3 Å². The summed E-state index contributed by atoms with van der Waals surface area (Å²) in [6.07, 6.45) is 2.20. The highest BCUT2D eigenvalue weighted by Crippen LogP contribution is 2.32. The molecule has 37 heavy (non-hydrogen) atoms. The number of sulfonamides is 1. The number of H-pyrrole nitrogens is 2. The highest BCUT2D eigenvalue weighted by atomic mass is 32.2. The van der Waals surface area contributed by atoms with E-state index in [4.69, 9.17) is 4.74 Å². The average molecular weight is 526 g/mol. The Balaban J connectivity index is 1.83. The zero-order valence-electron chi connectivity index (χ0n) is 20.9. The minimum atomic E-state index is -4.01. The zero-order chi connectivity index (χ0) is 26.4. The maximum atomic E-state index is 13.7. The zero-order valence-corrected chi connectivity index (χ0v) is 21.7. The monoisotopic (exact) mass is 525 g/mol. The fourth-order valence-electron chi connectivity index (χ4n) is 4.03. The molecule has 0 aliphatic rings. The van der Waals surface area contributed by atoms with Gasteiger partial charge in [-0.25, -0.2) is 13.4 Å². The van der Waals surface area contributed by atoms with E-state index in [0.29, 0.717) is 35.6 Å². The van der Waals surface area contributed by atoms with Crippen LogP contribution in [0.5, 0.6) is 5.75 Å². The number of ether oxygens (including phenoxy) is 1. The lowest BCUT2D eigenvalue weighted by atomic mass is 10.1. The van der Waals surface area contributed by atoms with Gasteiger partial charge in [0, 0.05) is 13.1 Å². The Morgan fingerprint density at radius 2 is 1.86 bits per heavy atom. The van der Waals surface area contributed by atoms with Crippen LogP contribution in [0.3, 0.4) is 0 Å². The van der Waals surface area contributed by atoms with Crippen molar-refractivity contribution in [1.29, 1.82) is 0 Å². The van der Waals surface area contributed by atoms with E-state index in [-0.39, 0.29) is 35.9 Å². The second kappa shape index (κ2) is 11.7. The van der Waals surface area contributed by atoms with Gasteiger partial charge in [-0.1, -0.05) is 50.6 Å². The highest BCUT2D eigenvalue weighted by Gasteiger charge is 2.26. The van der Waals surface area contributed by atoms with E-state index in [1.54, 1.807) is 6.07 Å². The normalized spacial score (nSPS) is 11.9. The van der Waals surface area contributed by atoms with E-state index in [9.17, 15) is 18.3 Å². The molecule has 0 bridgehead atoms. The summed E-state index contributed by atoms with van der Waals surface area (Å²) in [4.78, 5) is 20.2. The van der Waals surface area contributed by atoms with E-state index >= 15 is 0 Å². The van der Waals surface area contributed by atoms with Crippen molar-refractivity contribution in [3.8, 4) is 17.1 Å². The molecule has 3 N–H and O–H groups in total. The van der Waals surface area contributed by atoms with E-state index in [2.05, 4.69) is 20.2 Å². The van der Waals surface area contributed by atoms with Crippen molar-refractivity contribution in [3.05, 3.63) is 70.1 Å². The number of benzene rings is 2. The predicted octanol–water partition coefficient (Wildman–Crippen LogP) is 3.24. The Kier molecular flexibility index (Phi) is 8.37. The number of aliphatic hydroxyl groups is 1. The summed E-state index contributed by atoms with van der Waals surface area (Å²) in [5.41, 5.74) is 2.12. The third kappa shape index (κ3) is 5.74. The van der Waals surface area contributed by atoms with Crippen LogP contribution >= 0.6 is 0 Å². The number of aliphatic hydroxyl groups excluding tert-OH is 1. The molecule has 2 aromatic carbocycles. The number of rotatable bonds is 12. The fraction of sp³-hybridized carbons (Fsp3) is 0.346. The molecule has 2 aromatic heterocycles. The van der Waals surface area contributed by atoms with Crippen LogP contribution in [0.4, 0.5) is 0 Å². The van der Waals surface area contributed by atoms with Crippen LogP contribution in [0.1, 0.15) is 37.9 Å². The van der Waals surface area contributed by atoms with Gasteiger partial charge in [0.2, 0.25) is 10.0 Å². The lowest BCUT2D eigenvalue weighted by molar-refractivity contribution is 0.251. The molecule has 0 saturated carbocycles. The molecule has 2 heterocycles. The molecule has 0 atom stereocenters. The first-order chi connectivity index (χ1) is 17.9. The summed E-state index contributed by atoms with van der Waals surface area (Å²) in [7, 11) is -4.01. The van der Waals surface area contributed by atoms with Crippen LogP contribution in [-0.4, -0.2) is 57.8 Å². The Morgan fingerprint density at radius 3 is 2.57 bits per heavy atom. The molecule has 0 aliphatic carbocycles. The van der Waals surface area contributed by atoms with Crippen molar-refractivity contribution >= 4 is 21.1 Å². The summed E-state index contributed by atoms with van der Waals surface area (Å²) in [6.45, 7) is 4.07. The molecule has 0 amide bonds. The summed E-state index contributed by atoms with van der Waals surface area (Å²) in [5, 5.41) is 16.6. The molecule has 11 heteroatoms. The summed E-state index contributed by atoms with van der Waals surface area (Å²) in [5.74, 6) is 0.594. The van der Waals surface area contributed by atoms with Gasteiger partial charge < -0.3 is 14.8 Å². The molecule has 10 nitrogen and oxygen atoms in total. The van der Waals surface area contributed by atoms with Crippen molar-refractivity contribution in [2.24, 2.45) is 0 Å². The number of aromatic nitrogens is 4. The molecule has 196 valence electrons. The SMILES string of the molecule is CCCOc1ccc(S(=O)(=O)N(CCO)Cc2ccccc2)cc1-c1nc2c(CCC)n[nH]c2c(=O)[nH]1. The van der Waals surface area contributed by atoms with Crippen LogP contribution in [0.15, 0.2) is 58.2 Å². The number of fused-ring (bicyclic) bond motifs is 1. The van der Waals surface area contributed by atoms with E-state index in [1.807, 2.05) is 44.2 Å². The predicted molar refractivity (Wildman–Crippen MR) is 141 cm³/mol. The van der Waals surface area contributed by atoms with Gasteiger partial charge in [0.25, 0.3) is 5.56 Å². The minimum absolute atomic E-state index is 0.000509. The number of hydrogen-bond donors (Lipinski definition) is 3. The van der Waals surface area contributed by atoms with Gasteiger partial charge in [-0.2, -0.15) is 9.40 Å². The lowest BCUT2D eigenvalue weighted by Crippen LogP contribution is -2.33. The van der Waals surface area contributed by atoms with Crippen molar-refractivity contribution in [2.45, 2.75) is 44.6 Å². The standard InChI is InChI=1S/C26H31N5O5S/c1-3-8-21-23-24(30-29-21)26(33)28-25(27-23)20-16-19(11-12-22(20)36-15-4-2)37(34,35)31(13-14-32)17-18-9-6-5-7-10-18/h5-7,9-12,16,32H,3-4,8,13-15,17H2,1-2H3,(H,29,30)(H,27,28,33). The lowest BCUT2D eigenvalue weighted by Gasteiger charge is -2.22. The first kappa shape index (κ1) is 26.5. The molecular weight excluding hydrogens is 494 g/mol. The van der Waals surface area contributed by atoms with Crippen molar-refractivity contribution in [3.63, 3.8) is 0 Å². The van der Waals surface area contributed by atoms with E-state index in [1.165, 1.54) is 16.4 Å². The smallest absolute Gasteiger partial charge is 0.277 e. The Morgan fingerprint density at radius 1 is 1.08 bits per heavy atom. The molecule has 0 aliphatic heterocycles. The largest absolute Gasteiger partial charge is 0.493 e. The molecule has 0 fully saturated rings. The van der Waals surface area contributed by atoms with Crippen LogP contribution in [0.25, 0.3) is 22.4 Å². The van der Waals surface area contributed by atoms with Crippen LogP contribution in [0.2, 0.25) is 0 Å². The third-order valence-corrected chi connectivity index (χ3v) is 7.68. The van der Waals surface area contributed by atoms with Crippen LogP contribution in [-0.2, 0) is 23.0 Å². The highest BCUT2D eigenvalue weighted by molar-refractivity contribution is 7.89. The maximum absolute atomic E-state index is 13.7. The van der Waals surface area contributed by atoms with Gasteiger partial charge >= 0.3 is 0 Å². The third-order valence-electron chi connectivity index (χ3n) is 5.84. The molecule has 0 saturated heterocycles. The topological polar surface area (TPSA) is 141 Å². The van der Waals surface area contributed by atoms with Gasteiger partial charge in [-0.05, 0) is 36.6 Å². The van der Waals surface area contributed by atoms with Gasteiger partial charge in [-0.3, -0.25) is 9.89 Å². The van der Waals surface area contributed by atoms with Crippen molar-refractivity contribution < 1.29 is 18.3 Å². The number of nitrogens with zero attached hydrogens (tertiary/aromatic N) is 3. The average Bonchev–Trinajstić information content (AvgIpc) is 3.31. The molecule has 0 spiro atoms. The number of aromatic amines is 2. The summed E-state index contributed by atoms with van der Waals surface area (Å²) in [6, 6.07) is 13.7. The number of hydrogen-bond acceptors (Lipinski definition) is 7. The minimum Gasteiger partial charge on any atom is -0.493 e. The van der Waals surface area contributed by atoms with Gasteiger partial charge in [0.15, 0.2) is 0 Å². The Labute approximate surface area is 215 Å². The van der Waals surface area contributed by atoms with Gasteiger partial charge in [-0.15, -0.1) is 0 Å². The first-order valence-corrected chi connectivity index (χ1v) is 13.7. The number of aryl methyl sites for hydroxylation is 1. The first-order valence-electron chi connectivity index (χ1n) is 12.3. The van der Waals surface area contributed by atoms with Crippen molar-refractivity contribution in [1.82, 2.24) is 24.5 Å². The molecule has 0 unspecified atom stereocenters. The molecule has 4 rings (SSSR count). The number of nitrogens with one attached hydrogen (secondary N) is 2. The molecule has 4 aromatic rings. The van der Waals surface area contributed by atoms with Gasteiger partial charge in [0.1, 0.15) is 22.6 Å². The van der Waals surface area contributed by atoms with E-state index in [0.717, 1.165) is 18.4 Å². The molecule has 0 radical (unpaired) electrons. The van der Waals surface area contributed by atoms with Gasteiger partial charge in [0.05, 0.1) is 29.4 Å². The quantitative estimate of drug-likeness (QED) is 0.258. The summed E-state index contributed by atoms with van der Waals surface area (Å²) >= 11 is 0. The second-order valence-corrected chi connectivity index (χ2v) is 10.6. The second-order valence-electron chi connectivity index (χ2n) is 8.61. The van der Waals surface area contributed by atoms with Crippen LogP contribution in [0, 0.1) is 0 Å². The van der Waals surface area contributed by atoms with Crippen molar-refractivity contribution in [2.75, 3.05) is 19.8 Å². The summed E-state index contributed by atoms with van der Waals surface area (Å²) < 4.78 is 34.5. The van der Waals surface area contributed by atoms with E-state index < -0.39 is 15.6 Å². The Hall–Kier alpha value is -3.54. The Bertz CT molecular complexity index is 1520. The molecular formula is C26H31N5O5S.